The van der Waals surface area contributed by atoms with Crippen LogP contribution >= 0.6 is 15.9 Å². The van der Waals surface area contributed by atoms with Crippen LogP contribution in [0.1, 0.15) is 32.4 Å². The first kappa shape index (κ1) is 20.9. The normalized spacial score (nSPS) is 16.0. The van der Waals surface area contributed by atoms with Crippen LogP contribution in [-0.2, 0) is 10.0 Å². The second kappa shape index (κ2) is 7.43. The van der Waals surface area contributed by atoms with Gasteiger partial charge >= 0.3 is 0 Å². The van der Waals surface area contributed by atoms with Crippen LogP contribution in [0.5, 0.6) is 5.75 Å². The molecular formula is C24H24BrNO3S. The van der Waals surface area contributed by atoms with Crippen LogP contribution < -0.4 is 9.04 Å². The molecule has 6 heteroatoms. The number of halogens is 1. The average molecular weight is 486 g/mol. The Morgan fingerprint density at radius 2 is 1.60 bits per heavy atom. The molecule has 1 aliphatic rings. The number of nitrogens with zero attached hydrogens (tertiary/aromatic N) is 1. The Kier molecular flexibility index (Phi) is 5.19. The molecular weight excluding hydrogens is 462 g/mol. The highest BCUT2D eigenvalue weighted by Gasteiger charge is 2.44. The summed E-state index contributed by atoms with van der Waals surface area (Å²) in [7, 11) is -2.26. The van der Waals surface area contributed by atoms with E-state index >= 15 is 0 Å². The maximum atomic E-state index is 14.0. The predicted octanol–water partition coefficient (Wildman–Crippen LogP) is 6.42. The van der Waals surface area contributed by atoms with Crippen molar-refractivity contribution in [1.82, 2.24) is 0 Å². The van der Waals surface area contributed by atoms with Crippen LogP contribution in [0, 0.1) is 5.41 Å². The van der Waals surface area contributed by atoms with E-state index < -0.39 is 10.0 Å². The van der Waals surface area contributed by atoms with Crippen molar-refractivity contribution in [2.45, 2.75) is 31.7 Å². The van der Waals surface area contributed by atoms with Gasteiger partial charge in [0.15, 0.2) is 0 Å². The SMILES string of the molecule is COc1ccc(S(=O)(=O)N2c3ccc(Br)cc3-c3ccccc3C2C(C)(C)C)cc1. The van der Waals surface area contributed by atoms with Crippen LogP contribution in [0.3, 0.4) is 0 Å². The molecule has 4 rings (SSSR count). The van der Waals surface area contributed by atoms with Crippen molar-refractivity contribution in [3.8, 4) is 16.9 Å². The monoisotopic (exact) mass is 485 g/mol. The molecule has 0 amide bonds. The molecule has 0 spiro atoms. The Bertz CT molecular complexity index is 1200. The minimum Gasteiger partial charge on any atom is -0.497 e. The first-order chi connectivity index (χ1) is 14.1. The summed E-state index contributed by atoms with van der Waals surface area (Å²) in [5, 5.41) is 0. The van der Waals surface area contributed by atoms with E-state index in [1.807, 2.05) is 36.4 Å². The van der Waals surface area contributed by atoms with Gasteiger partial charge in [-0.3, -0.25) is 4.31 Å². The van der Waals surface area contributed by atoms with Crippen molar-refractivity contribution in [1.29, 1.82) is 0 Å². The van der Waals surface area contributed by atoms with E-state index in [4.69, 9.17) is 4.74 Å². The molecule has 0 aromatic heterocycles. The third-order valence-electron chi connectivity index (χ3n) is 5.41. The highest BCUT2D eigenvalue weighted by Crippen LogP contribution is 2.53. The van der Waals surface area contributed by atoms with Crippen molar-refractivity contribution in [3.05, 3.63) is 76.8 Å². The van der Waals surface area contributed by atoms with Crippen molar-refractivity contribution >= 4 is 31.6 Å². The predicted molar refractivity (Wildman–Crippen MR) is 124 cm³/mol. The van der Waals surface area contributed by atoms with Gasteiger partial charge in [0.2, 0.25) is 0 Å². The van der Waals surface area contributed by atoms with Crippen molar-refractivity contribution in [2.75, 3.05) is 11.4 Å². The summed E-state index contributed by atoms with van der Waals surface area (Å²) in [5.41, 5.74) is 3.33. The van der Waals surface area contributed by atoms with Gasteiger partial charge in [0, 0.05) is 10.0 Å². The van der Waals surface area contributed by atoms with Crippen molar-refractivity contribution in [2.24, 2.45) is 5.41 Å². The zero-order chi connectivity index (χ0) is 21.7. The molecule has 0 fully saturated rings. The highest BCUT2D eigenvalue weighted by molar-refractivity contribution is 9.10. The van der Waals surface area contributed by atoms with Gasteiger partial charge in [-0.05, 0) is 59.0 Å². The summed E-state index contributed by atoms with van der Waals surface area (Å²) in [5.74, 6) is 0.620. The van der Waals surface area contributed by atoms with Gasteiger partial charge in [-0.25, -0.2) is 8.42 Å². The molecule has 0 radical (unpaired) electrons. The van der Waals surface area contributed by atoms with Crippen LogP contribution in [0.25, 0.3) is 11.1 Å². The first-order valence-corrected chi connectivity index (χ1v) is 12.0. The Morgan fingerprint density at radius 3 is 2.23 bits per heavy atom. The van der Waals surface area contributed by atoms with E-state index in [1.165, 1.54) is 0 Å². The lowest BCUT2D eigenvalue weighted by Crippen LogP contribution is -2.43. The summed E-state index contributed by atoms with van der Waals surface area (Å²) in [6, 6.07) is 20.0. The maximum absolute atomic E-state index is 14.0. The van der Waals surface area contributed by atoms with Crippen molar-refractivity contribution in [3.63, 3.8) is 0 Å². The van der Waals surface area contributed by atoms with Gasteiger partial charge in [-0.15, -0.1) is 0 Å². The van der Waals surface area contributed by atoms with Crippen molar-refractivity contribution < 1.29 is 13.2 Å². The molecule has 156 valence electrons. The molecule has 0 bridgehead atoms. The van der Waals surface area contributed by atoms with E-state index in [1.54, 1.807) is 35.7 Å². The van der Waals surface area contributed by atoms with Gasteiger partial charge in [0.05, 0.1) is 23.7 Å². The lowest BCUT2D eigenvalue weighted by atomic mass is 9.77. The first-order valence-electron chi connectivity index (χ1n) is 9.72. The fourth-order valence-corrected chi connectivity index (χ4v) is 6.30. The Labute approximate surface area is 186 Å². The van der Waals surface area contributed by atoms with Gasteiger partial charge in [0.25, 0.3) is 10.0 Å². The van der Waals surface area contributed by atoms with E-state index in [9.17, 15) is 8.42 Å². The number of benzene rings is 3. The maximum Gasteiger partial charge on any atom is 0.264 e. The molecule has 0 aliphatic carbocycles. The Hall–Kier alpha value is -2.31. The van der Waals surface area contributed by atoms with Gasteiger partial charge < -0.3 is 4.74 Å². The fraction of sp³-hybridized carbons (Fsp3) is 0.250. The molecule has 1 heterocycles. The fourth-order valence-electron chi connectivity index (χ4n) is 4.11. The highest BCUT2D eigenvalue weighted by atomic mass is 79.9. The van der Waals surface area contributed by atoms with Crippen LogP contribution in [0.4, 0.5) is 5.69 Å². The summed E-state index contributed by atoms with van der Waals surface area (Å²) in [6.45, 7) is 6.23. The molecule has 0 saturated carbocycles. The van der Waals surface area contributed by atoms with E-state index in [0.29, 0.717) is 11.4 Å². The summed E-state index contributed by atoms with van der Waals surface area (Å²) < 4.78 is 35.7. The second-order valence-electron chi connectivity index (χ2n) is 8.49. The number of sulfonamides is 1. The minimum absolute atomic E-state index is 0.241. The van der Waals surface area contributed by atoms with Gasteiger partial charge in [0.1, 0.15) is 5.75 Å². The summed E-state index contributed by atoms with van der Waals surface area (Å²) in [6.07, 6.45) is 0. The second-order valence-corrected chi connectivity index (χ2v) is 11.2. The third kappa shape index (κ3) is 3.42. The Balaban J connectivity index is 2.01. The van der Waals surface area contributed by atoms with Gasteiger partial charge in [-0.1, -0.05) is 61.0 Å². The molecule has 4 nitrogen and oxygen atoms in total. The standard InChI is InChI=1S/C24H24BrNO3S/c1-24(2,3)23-20-8-6-5-7-19(20)21-15-16(25)9-14-22(21)26(23)30(27,28)18-12-10-17(29-4)11-13-18/h5-15,23H,1-4H3. The number of methoxy groups -OCH3 is 1. The van der Waals surface area contributed by atoms with Crippen LogP contribution in [0.2, 0.25) is 0 Å². The molecule has 0 N–H and O–H groups in total. The van der Waals surface area contributed by atoms with E-state index in [0.717, 1.165) is 21.2 Å². The van der Waals surface area contributed by atoms with Gasteiger partial charge in [-0.2, -0.15) is 0 Å². The number of rotatable bonds is 3. The topological polar surface area (TPSA) is 46.6 Å². The number of anilines is 1. The largest absolute Gasteiger partial charge is 0.497 e. The zero-order valence-electron chi connectivity index (χ0n) is 17.4. The number of hydrogen-bond acceptors (Lipinski definition) is 3. The number of hydrogen-bond donors (Lipinski definition) is 0. The molecule has 3 aromatic carbocycles. The molecule has 0 saturated heterocycles. The lowest BCUT2D eigenvalue weighted by Gasteiger charge is -2.45. The Morgan fingerprint density at radius 1 is 0.933 bits per heavy atom. The lowest BCUT2D eigenvalue weighted by molar-refractivity contribution is 0.327. The summed E-state index contributed by atoms with van der Waals surface area (Å²) in [4.78, 5) is 0.241. The summed E-state index contributed by atoms with van der Waals surface area (Å²) >= 11 is 3.55. The van der Waals surface area contributed by atoms with E-state index in [2.05, 4.69) is 42.8 Å². The molecule has 1 aliphatic heterocycles. The minimum atomic E-state index is -3.83. The number of ether oxygens (including phenoxy) is 1. The zero-order valence-corrected chi connectivity index (χ0v) is 19.8. The molecule has 1 atom stereocenters. The quantitative estimate of drug-likeness (QED) is 0.429. The number of fused-ring (bicyclic) bond motifs is 3. The molecule has 30 heavy (non-hydrogen) atoms. The molecule has 1 unspecified atom stereocenters. The van der Waals surface area contributed by atoms with Crippen LogP contribution in [0.15, 0.2) is 76.1 Å². The smallest absolute Gasteiger partial charge is 0.264 e. The molecule has 3 aromatic rings. The third-order valence-corrected chi connectivity index (χ3v) is 7.70. The van der Waals surface area contributed by atoms with E-state index in [-0.39, 0.29) is 16.4 Å². The van der Waals surface area contributed by atoms with Crippen LogP contribution in [-0.4, -0.2) is 15.5 Å². The average Bonchev–Trinajstić information content (AvgIpc) is 2.72.